The van der Waals surface area contributed by atoms with Gasteiger partial charge in [-0.3, -0.25) is 9.59 Å². The lowest BCUT2D eigenvalue weighted by atomic mass is 10.1. The van der Waals surface area contributed by atoms with E-state index in [1.54, 1.807) is 12.5 Å². The summed E-state index contributed by atoms with van der Waals surface area (Å²) in [5.74, 6) is 0. The molecule has 0 aliphatic carbocycles. The average Bonchev–Trinajstić information content (AvgIpc) is 3.23. The van der Waals surface area contributed by atoms with Gasteiger partial charge in [0.15, 0.2) is 0 Å². The molecule has 8 heteroatoms. The molecule has 4 rings (SSSR count). The van der Waals surface area contributed by atoms with Crippen molar-refractivity contribution in [3.05, 3.63) is 68.5 Å². The van der Waals surface area contributed by atoms with Crippen LogP contribution in [0.3, 0.4) is 0 Å². The molecular weight excluding hydrogens is 378 g/mol. The second-order valence-corrected chi connectivity index (χ2v) is 7.35. The van der Waals surface area contributed by atoms with Crippen molar-refractivity contribution in [1.29, 1.82) is 0 Å². The summed E-state index contributed by atoms with van der Waals surface area (Å²) in [5, 5.41) is 3.87. The second-order valence-electron chi connectivity index (χ2n) is 6.92. The molecule has 7 nitrogen and oxygen atoms in total. The van der Waals surface area contributed by atoms with E-state index in [2.05, 4.69) is 15.2 Å². The number of hydrogen-bond donors (Lipinski definition) is 1. The summed E-state index contributed by atoms with van der Waals surface area (Å²) in [4.78, 5) is 32.4. The van der Waals surface area contributed by atoms with E-state index >= 15 is 0 Å². The number of benzene rings is 1. The molecule has 2 aromatic carbocycles. The molecule has 1 fully saturated rings. The summed E-state index contributed by atoms with van der Waals surface area (Å²) in [6, 6.07) is 7.77. The molecule has 1 aliphatic heterocycles. The van der Waals surface area contributed by atoms with Crippen molar-refractivity contribution >= 4 is 28.7 Å². The summed E-state index contributed by atoms with van der Waals surface area (Å²) >= 11 is 6.08. The molecule has 1 N–H and O–H groups in total. The van der Waals surface area contributed by atoms with Crippen molar-refractivity contribution in [1.82, 2.24) is 9.55 Å². The Morgan fingerprint density at radius 2 is 1.86 bits per heavy atom. The molecule has 1 aliphatic rings. The van der Waals surface area contributed by atoms with Crippen molar-refractivity contribution in [2.45, 2.75) is 13.0 Å². The first-order valence-corrected chi connectivity index (χ1v) is 9.79. The first-order valence-electron chi connectivity index (χ1n) is 9.42. The average molecular weight is 400 g/mol. The van der Waals surface area contributed by atoms with Crippen molar-refractivity contribution < 1.29 is 0 Å². The predicted molar refractivity (Wildman–Crippen MR) is 113 cm³/mol. The zero-order chi connectivity index (χ0) is 19.5. The Kier molecular flexibility index (Phi) is 5.34. The lowest BCUT2D eigenvalue weighted by Gasteiger charge is -2.38. The molecule has 2 heterocycles. The number of aryl methyl sites for hydroxylation is 1. The van der Waals surface area contributed by atoms with Crippen molar-refractivity contribution in [2.24, 2.45) is 0 Å². The van der Waals surface area contributed by atoms with Gasteiger partial charge in [-0.15, -0.1) is 0 Å². The number of nitrogens with one attached hydrogen (secondary N) is 1. The second kappa shape index (κ2) is 8.06. The van der Waals surface area contributed by atoms with Crippen LogP contribution in [0.4, 0.5) is 17.1 Å². The number of anilines is 3. The minimum absolute atomic E-state index is 0.381. The third kappa shape index (κ3) is 3.75. The summed E-state index contributed by atoms with van der Waals surface area (Å²) in [7, 11) is 0. The van der Waals surface area contributed by atoms with Gasteiger partial charge < -0.3 is 19.7 Å². The van der Waals surface area contributed by atoms with E-state index < -0.39 is 5.43 Å². The number of halogens is 1. The highest BCUT2D eigenvalue weighted by atomic mass is 35.5. The molecular formula is C20H22ClN5O2. The van der Waals surface area contributed by atoms with Crippen LogP contribution in [-0.4, -0.2) is 42.3 Å². The largest absolute Gasteiger partial charge is 0.380 e. The van der Waals surface area contributed by atoms with Crippen LogP contribution < -0.4 is 26.0 Å². The Hall–Kier alpha value is -2.80. The Morgan fingerprint density at radius 1 is 1.07 bits per heavy atom. The lowest BCUT2D eigenvalue weighted by molar-refractivity contribution is 0.647. The first-order chi connectivity index (χ1) is 13.6. The predicted octanol–water partition coefficient (Wildman–Crippen LogP) is 1.96. The topological polar surface area (TPSA) is 70.5 Å². The molecule has 146 valence electrons. The monoisotopic (exact) mass is 399 g/mol. The van der Waals surface area contributed by atoms with Crippen molar-refractivity contribution in [3.8, 4) is 0 Å². The van der Waals surface area contributed by atoms with E-state index in [4.69, 9.17) is 11.6 Å². The summed E-state index contributed by atoms with van der Waals surface area (Å²) < 4.78 is 1.99. The lowest BCUT2D eigenvalue weighted by Crippen LogP contribution is -2.51. The summed E-state index contributed by atoms with van der Waals surface area (Å²) in [6.45, 7) is 4.40. The molecule has 0 saturated carbocycles. The van der Waals surface area contributed by atoms with Crippen LogP contribution in [0.5, 0.6) is 0 Å². The number of imidazole rings is 1. The zero-order valence-corrected chi connectivity index (χ0v) is 16.2. The van der Waals surface area contributed by atoms with Crippen LogP contribution in [0.1, 0.15) is 6.42 Å². The van der Waals surface area contributed by atoms with Gasteiger partial charge in [-0.25, -0.2) is 4.98 Å². The Balaban J connectivity index is 1.34. The molecule has 3 aromatic rings. The van der Waals surface area contributed by atoms with Crippen molar-refractivity contribution in [3.63, 3.8) is 0 Å². The van der Waals surface area contributed by atoms with Crippen LogP contribution >= 0.6 is 11.6 Å². The smallest absolute Gasteiger partial charge is 0.253 e. The standard InChI is InChI=1S/C20H22ClN5O2/c21-15-3-1-4-16(13-15)25-9-11-26(12-10-25)18-17(19(27)20(18)28)23-5-2-7-24-8-6-22-14-24/h1,3-4,6,8,13-14,23H,2,5,7,9-12H2. The number of hydrogen-bond acceptors (Lipinski definition) is 6. The van der Waals surface area contributed by atoms with Crippen molar-refractivity contribution in [2.75, 3.05) is 47.8 Å². The molecule has 28 heavy (non-hydrogen) atoms. The molecule has 0 unspecified atom stereocenters. The summed E-state index contributed by atoms with van der Waals surface area (Å²) in [6.07, 6.45) is 6.26. The van der Waals surface area contributed by atoms with E-state index in [-0.39, 0.29) is 5.43 Å². The van der Waals surface area contributed by atoms with Gasteiger partial charge in [0.05, 0.1) is 6.33 Å². The summed E-state index contributed by atoms with van der Waals surface area (Å²) in [5.41, 5.74) is 1.29. The number of nitrogens with zero attached hydrogens (tertiary/aromatic N) is 4. The van der Waals surface area contributed by atoms with Gasteiger partial charge in [0.25, 0.3) is 10.9 Å². The van der Waals surface area contributed by atoms with E-state index in [9.17, 15) is 9.59 Å². The van der Waals surface area contributed by atoms with Crippen LogP contribution in [0.2, 0.25) is 5.02 Å². The highest BCUT2D eigenvalue weighted by Gasteiger charge is 2.28. The molecule has 0 amide bonds. The molecule has 0 bridgehead atoms. The van der Waals surface area contributed by atoms with E-state index in [1.165, 1.54) is 0 Å². The van der Waals surface area contributed by atoms with Gasteiger partial charge >= 0.3 is 0 Å². The maximum absolute atomic E-state index is 12.2. The highest BCUT2D eigenvalue weighted by Crippen LogP contribution is 2.25. The molecule has 0 radical (unpaired) electrons. The van der Waals surface area contributed by atoms with Gasteiger partial charge in [0.2, 0.25) is 0 Å². The number of rotatable bonds is 7. The number of aromatic nitrogens is 2. The van der Waals surface area contributed by atoms with Crippen LogP contribution in [-0.2, 0) is 6.54 Å². The highest BCUT2D eigenvalue weighted by molar-refractivity contribution is 6.30. The molecule has 1 aromatic heterocycles. The maximum atomic E-state index is 12.2. The Morgan fingerprint density at radius 3 is 2.57 bits per heavy atom. The molecule has 1 saturated heterocycles. The fourth-order valence-electron chi connectivity index (χ4n) is 3.60. The van der Waals surface area contributed by atoms with E-state index in [1.807, 2.05) is 39.9 Å². The fraction of sp³-hybridized carbons (Fsp3) is 0.350. The van der Waals surface area contributed by atoms with Gasteiger partial charge in [-0.2, -0.15) is 0 Å². The SMILES string of the molecule is O=c1c(NCCCn2ccnc2)c(N2CCN(c3cccc(Cl)c3)CC2)c1=O. The van der Waals surface area contributed by atoms with Crippen LogP contribution in [0.15, 0.2) is 52.6 Å². The fourth-order valence-corrected chi connectivity index (χ4v) is 3.78. The zero-order valence-electron chi connectivity index (χ0n) is 15.5. The quantitative estimate of drug-likeness (QED) is 0.484. The first kappa shape index (κ1) is 18.6. The molecule has 0 atom stereocenters. The van der Waals surface area contributed by atoms with Gasteiger partial charge in [0, 0.05) is 62.4 Å². The van der Waals surface area contributed by atoms with Gasteiger partial charge in [0.1, 0.15) is 11.4 Å². The van der Waals surface area contributed by atoms with E-state index in [0.29, 0.717) is 36.0 Å². The Bertz CT molecular complexity index is 1000. The minimum Gasteiger partial charge on any atom is -0.380 e. The van der Waals surface area contributed by atoms with Crippen LogP contribution in [0, 0.1) is 0 Å². The maximum Gasteiger partial charge on any atom is 0.253 e. The third-order valence-corrected chi connectivity index (χ3v) is 5.34. The Labute approximate surface area is 167 Å². The van der Waals surface area contributed by atoms with Gasteiger partial charge in [-0.1, -0.05) is 17.7 Å². The molecule has 0 spiro atoms. The minimum atomic E-state index is -0.407. The van der Waals surface area contributed by atoms with Gasteiger partial charge in [-0.05, 0) is 24.6 Å². The van der Waals surface area contributed by atoms with Crippen LogP contribution in [0.25, 0.3) is 0 Å². The van der Waals surface area contributed by atoms with E-state index in [0.717, 1.165) is 31.7 Å². The normalized spacial score (nSPS) is 14.6. The third-order valence-electron chi connectivity index (χ3n) is 5.11. The number of piperazine rings is 1.